The van der Waals surface area contributed by atoms with E-state index in [1.165, 1.54) is 31.2 Å². The second kappa shape index (κ2) is 6.48. The lowest BCUT2D eigenvalue weighted by molar-refractivity contribution is 0.0482. The van der Waals surface area contributed by atoms with Gasteiger partial charge in [-0.15, -0.1) is 0 Å². The van der Waals surface area contributed by atoms with Crippen molar-refractivity contribution in [1.29, 1.82) is 0 Å². The molecule has 18 heavy (non-hydrogen) atoms. The van der Waals surface area contributed by atoms with Gasteiger partial charge in [0.1, 0.15) is 5.75 Å². The Hall–Kier alpha value is -0.670. The van der Waals surface area contributed by atoms with Crippen molar-refractivity contribution in [2.24, 2.45) is 5.41 Å². The van der Waals surface area contributed by atoms with Gasteiger partial charge in [0.05, 0.1) is 20.3 Å². The summed E-state index contributed by atoms with van der Waals surface area (Å²) in [6.07, 6.45) is 5.18. The summed E-state index contributed by atoms with van der Waals surface area (Å²) in [5.41, 5.74) is 1.53. The molecule has 2 rings (SSSR count). The summed E-state index contributed by atoms with van der Waals surface area (Å²) in [5, 5.41) is 0. The first kappa shape index (κ1) is 13.8. The summed E-state index contributed by atoms with van der Waals surface area (Å²) in [6, 6.07) is 8.06. The van der Waals surface area contributed by atoms with E-state index in [0.29, 0.717) is 12.0 Å². The Morgan fingerprint density at radius 2 is 1.83 bits per heavy atom. The minimum Gasteiger partial charge on any atom is -0.497 e. The van der Waals surface area contributed by atoms with Crippen molar-refractivity contribution >= 4 is 12.6 Å². The second-order valence-electron chi connectivity index (χ2n) is 5.21. The average molecular weight is 266 g/mol. The summed E-state index contributed by atoms with van der Waals surface area (Å²) in [7, 11) is 1.68. The molecular weight excluding hydrogens is 244 g/mol. The van der Waals surface area contributed by atoms with Crippen molar-refractivity contribution < 1.29 is 9.47 Å². The smallest absolute Gasteiger partial charge is 0.118 e. The van der Waals surface area contributed by atoms with E-state index in [2.05, 4.69) is 24.8 Å². The van der Waals surface area contributed by atoms with Gasteiger partial charge < -0.3 is 9.47 Å². The number of methoxy groups -OCH3 is 1. The third-order valence-electron chi connectivity index (χ3n) is 3.84. The largest absolute Gasteiger partial charge is 0.497 e. The lowest BCUT2D eigenvalue weighted by atomic mass is 9.90. The Balaban J connectivity index is 1.80. The van der Waals surface area contributed by atoms with Crippen molar-refractivity contribution in [3.05, 3.63) is 29.8 Å². The highest BCUT2D eigenvalue weighted by Crippen LogP contribution is 2.39. The molecule has 0 spiro atoms. The number of benzene rings is 1. The average Bonchev–Trinajstić information content (AvgIpc) is 2.89. The van der Waals surface area contributed by atoms with Crippen LogP contribution in [0, 0.1) is 5.41 Å². The molecular formula is C15H22O2S. The van der Waals surface area contributed by atoms with Crippen LogP contribution in [0.25, 0.3) is 0 Å². The van der Waals surface area contributed by atoms with E-state index in [4.69, 9.17) is 9.47 Å². The van der Waals surface area contributed by atoms with Crippen LogP contribution < -0.4 is 4.74 Å². The van der Waals surface area contributed by atoms with Crippen LogP contribution in [0.2, 0.25) is 0 Å². The first-order valence-corrected chi connectivity index (χ1v) is 7.23. The second-order valence-corrected chi connectivity index (χ2v) is 5.52. The Labute approximate surface area is 115 Å². The van der Waals surface area contributed by atoms with Gasteiger partial charge >= 0.3 is 0 Å². The summed E-state index contributed by atoms with van der Waals surface area (Å²) >= 11 is 4.49. The van der Waals surface area contributed by atoms with Gasteiger partial charge in [-0.25, -0.2) is 0 Å². The monoisotopic (exact) mass is 266 g/mol. The van der Waals surface area contributed by atoms with Gasteiger partial charge in [0.25, 0.3) is 0 Å². The highest BCUT2D eigenvalue weighted by Gasteiger charge is 2.32. The fourth-order valence-electron chi connectivity index (χ4n) is 2.58. The van der Waals surface area contributed by atoms with Crippen LogP contribution in [0.15, 0.2) is 24.3 Å². The third kappa shape index (κ3) is 3.42. The molecule has 0 atom stereocenters. The molecule has 1 aromatic rings. The Bertz CT molecular complexity index is 355. The summed E-state index contributed by atoms with van der Waals surface area (Å²) in [4.78, 5) is 0. The molecule has 0 aliphatic heterocycles. The van der Waals surface area contributed by atoms with Gasteiger partial charge in [-0.3, -0.25) is 0 Å². The topological polar surface area (TPSA) is 18.5 Å². The van der Waals surface area contributed by atoms with Crippen molar-refractivity contribution in [2.45, 2.75) is 32.3 Å². The zero-order chi connectivity index (χ0) is 12.8. The van der Waals surface area contributed by atoms with Crippen LogP contribution in [0.5, 0.6) is 5.75 Å². The zero-order valence-electron chi connectivity index (χ0n) is 11.0. The minimum atomic E-state index is 0.329. The molecule has 3 heteroatoms. The third-order valence-corrected chi connectivity index (χ3v) is 4.51. The molecule has 0 heterocycles. The molecule has 2 nitrogen and oxygen atoms in total. The molecule has 0 amide bonds. The molecule has 0 N–H and O–H groups in total. The van der Waals surface area contributed by atoms with E-state index in [9.17, 15) is 0 Å². The summed E-state index contributed by atoms with van der Waals surface area (Å²) in [6.45, 7) is 1.52. The van der Waals surface area contributed by atoms with Crippen LogP contribution >= 0.6 is 12.6 Å². The van der Waals surface area contributed by atoms with Crippen LogP contribution in [-0.4, -0.2) is 19.5 Å². The summed E-state index contributed by atoms with van der Waals surface area (Å²) < 4.78 is 11.0. The molecule has 1 fully saturated rings. The Kier molecular flexibility index (Phi) is 4.95. The number of ether oxygens (including phenoxy) is 2. The van der Waals surface area contributed by atoms with E-state index < -0.39 is 0 Å². The van der Waals surface area contributed by atoms with E-state index >= 15 is 0 Å². The van der Waals surface area contributed by atoms with Gasteiger partial charge in [0.15, 0.2) is 0 Å². The zero-order valence-corrected chi connectivity index (χ0v) is 11.9. The minimum absolute atomic E-state index is 0.329. The van der Waals surface area contributed by atoms with Gasteiger partial charge in [0, 0.05) is 5.41 Å². The van der Waals surface area contributed by atoms with Crippen LogP contribution in [0.4, 0.5) is 0 Å². The van der Waals surface area contributed by atoms with Gasteiger partial charge in [-0.2, -0.15) is 12.6 Å². The summed E-state index contributed by atoms with van der Waals surface area (Å²) in [5.74, 6) is 1.83. The maximum absolute atomic E-state index is 5.88. The SMILES string of the molecule is COc1ccc(COCC2(CS)CCCC2)cc1. The standard InChI is InChI=1S/C15H22O2S/c1-16-14-6-4-13(5-7-14)10-17-11-15(12-18)8-2-3-9-15/h4-7,18H,2-3,8-12H2,1H3. The maximum Gasteiger partial charge on any atom is 0.118 e. The molecule has 1 aliphatic rings. The van der Waals surface area contributed by atoms with Crippen molar-refractivity contribution in [3.63, 3.8) is 0 Å². The van der Waals surface area contributed by atoms with Crippen molar-refractivity contribution in [1.82, 2.24) is 0 Å². The Morgan fingerprint density at radius 1 is 1.17 bits per heavy atom. The fourth-order valence-corrected chi connectivity index (χ4v) is 2.99. The molecule has 1 saturated carbocycles. The molecule has 0 bridgehead atoms. The maximum atomic E-state index is 5.88. The van der Waals surface area contributed by atoms with E-state index in [1.807, 2.05) is 12.1 Å². The molecule has 0 unspecified atom stereocenters. The molecule has 1 aliphatic carbocycles. The predicted molar refractivity (Wildman–Crippen MR) is 77.4 cm³/mol. The van der Waals surface area contributed by atoms with Crippen molar-refractivity contribution in [3.8, 4) is 5.75 Å². The van der Waals surface area contributed by atoms with E-state index in [-0.39, 0.29) is 0 Å². The fraction of sp³-hybridized carbons (Fsp3) is 0.600. The lowest BCUT2D eigenvalue weighted by Crippen LogP contribution is -2.25. The number of thiol groups is 1. The van der Waals surface area contributed by atoms with Gasteiger partial charge in [-0.1, -0.05) is 25.0 Å². The first-order valence-electron chi connectivity index (χ1n) is 6.60. The van der Waals surface area contributed by atoms with E-state index in [1.54, 1.807) is 7.11 Å². The van der Waals surface area contributed by atoms with Crippen LogP contribution in [-0.2, 0) is 11.3 Å². The highest BCUT2D eigenvalue weighted by molar-refractivity contribution is 7.80. The normalized spacial score (nSPS) is 17.9. The molecule has 100 valence electrons. The van der Waals surface area contributed by atoms with Gasteiger partial charge in [-0.05, 0) is 36.3 Å². The first-order chi connectivity index (χ1) is 8.78. The van der Waals surface area contributed by atoms with Crippen LogP contribution in [0.3, 0.4) is 0 Å². The predicted octanol–water partition coefficient (Wildman–Crippen LogP) is 3.70. The molecule has 0 saturated heterocycles. The molecule has 0 radical (unpaired) electrons. The van der Waals surface area contributed by atoms with Crippen molar-refractivity contribution in [2.75, 3.05) is 19.5 Å². The Morgan fingerprint density at radius 3 is 2.39 bits per heavy atom. The highest BCUT2D eigenvalue weighted by atomic mass is 32.1. The molecule has 1 aromatic carbocycles. The quantitative estimate of drug-likeness (QED) is 0.791. The van der Waals surface area contributed by atoms with Gasteiger partial charge in [0.2, 0.25) is 0 Å². The van der Waals surface area contributed by atoms with Crippen LogP contribution in [0.1, 0.15) is 31.2 Å². The van der Waals surface area contributed by atoms with E-state index in [0.717, 1.165) is 18.1 Å². The number of rotatable bonds is 6. The molecule has 0 aromatic heterocycles. The number of hydrogen-bond acceptors (Lipinski definition) is 3. The number of hydrogen-bond donors (Lipinski definition) is 1. The lowest BCUT2D eigenvalue weighted by Gasteiger charge is -2.26.